The van der Waals surface area contributed by atoms with Crippen LogP contribution in [0, 0.1) is 11.8 Å². The number of anilines is 4. The Hall–Kier alpha value is -4.29. The van der Waals surface area contributed by atoms with Gasteiger partial charge in [-0.15, -0.1) is 0 Å². The molecule has 1 fully saturated rings. The molecule has 1 saturated heterocycles. The number of benzene rings is 2. The van der Waals surface area contributed by atoms with Crippen LogP contribution >= 0.6 is 0 Å². The summed E-state index contributed by atoms with van der Waals surface area (Å²) in [5.74, 6) is 4.35. The molecule has 0 amide bonds. The summed E-state index contributed by atoms with van der Waals surface area (Å²) in [6, 6.07) is 11.2. The molecule has 3 heterocycles. The van der Waals surface area contributed by atoms with Gasteiger partial charge in [0.1, 0.15) is 5.82 Å². The fourth-order valence-electron chi connectivity index (χ4n) is 4.97. The Kier molecular flexibility index (Phi) is 10.4. The van der Waals surface area contributed by atoms with Crippen LogP contribution in [0.1, 0.15) is 30.0 Å². The summed E-state index contributed by atoms with van der Waals surface area (Å²) in [5.41, 5.74) is 2.49. The zero-order valence-electron chi connectivity index (χ0n) is 26.0. The summed E-state index contributed by atoms with van der Waals surface area (Å²) < 4.78 is 56.2. The first-order valence-electron chi connectivity index (χ1n) is 15.0. The van der Waals surface area contributed by atoms with Crippen LogP contribution in [-0.2, 0) is 22.5 Å². The molecule has 0 spiro atoms. The molecule has 0 radical (unpaired) electrons. The highest BCUT2D eigenvalue weighted by Gasteiger charge is 2.26. The number of alkyl halides is 2. The van der Waals surface area contributed by atoms with Crippen LogP contribution < -0.4 is 26.0 Å². The molecule has 3 aromatic rings. The molecule has 244 valence electrons. The summed E-state index contributed by atoms with van der Waals surface area (Å²) in [4.78, 5) is 13.7. The monoisotopic (exact) mass is 651 g/mol. The van der Waals surface area contributed by atoms with Crippen molar-refractivity contribution in [1.82, 2.24) is 29.8 Å². The number of hydrogen-bond acceptors (Lipinski definition) is 10. The molecular formula is C32H39F2N9O2S. The van der Waals surface area contributed by atoms with Crippen LogP contribution in [0.2, 0.25) is 0 Å². The number of hydrogen-bond donors (Lipinski definition) is 5. The van der Waals surface area contributed by atoms with Crippen LogP contribution in [0.5, 0.6) is 0 Å². The second kappa shape index (κ2) is 14.4. The predicted octanol–water partition coefficient (Wildman–Crippen LogP) is 3.70. The average Bonchev–Trinajstić information content (AvgIpc) is 3.01. The lowest BCUT2D eigenvalue weighted by Gasteiger charge is -2.33. The van der Waals surface area contributed by atoms with E-state index in [4.69, 9.17) is 0 Å². The van der Waals surface area contributed by atoms with E-state index < -0.39 is 15.9 Å². The largest absolute Gasteiger partial charge is 0.369 e. The number of fused-ring (bicyclic) bond motifs is 4. The van der Waals surface area contributed by atoms with Gasteiger partial charge in [-0.3, -0.25) is 4.90 Å². The van der Waals surface area contributed by atoms with E-state index in [9.17, 15) is 17.2 Å². The second-order valence-corrected chi connectivity index (χ2v) is 13.2. The fourth-order valence-corrected chi connectivity index (χ4v) is 6.09. The zero-order valence-corrected chi connectivity index (χ0v) is 26.8. The van der Waals surface area contributed by atoms with Gasteiger partial charge in [0.2, 0.25) is 16.0 Å². The number of sulfonamides is 1. The second-order valence-electron chi connectivity index (χ2n) is 11.4. The molecule has 5 rings (SSSR count). The molecule has 5 N–H and O–H groups in total. The van der Waals surface area contributed by atoms with E-state index in [0.29, 0.717) is 48.1 Å². The van der Waals surface area contributed by atoms with Crippen LogP contribution in [0.25, 0.3) is 0 Å². The average molecular weight is 652 g/mol. The Morgan fingerprint density at radius 1 is 1.13 bits per heavy atom. The van der Waals surface area contributed by atoms with Gasteiger partial charge in [0.15, 0.2) is 0 Å². The Morgan fingerprint density at radius 2 is 1.93 bits per heavy atom. The Balaban J connectivity index is 1.25. The SMILES string of the molecule is C=C(NCC#Cc1cnc2nc1NCCCNS(=O)(=O)c1cccc(c1)N2)Nc1cc(C(C)(F)F)ccc1CN1CCN(C)CC1. The van der Waals surface area contributed by atoms with Gasteiger partial charge in [-0.05, 0) is 43.3 Å². The summed E-state index contributed by atoms with van der Waals surface area (Å²) in [7, 11) is -1.55. The minimum absolute atomic E-state index is 0.0746. The first-order valence-corrected chi connectivity index (χ1v) is 16.5. The zero-order chi connectivity index (χ0) is 32.7. The van der Waals surface area contributed by atoms with Crippen molar-refractivity contribution in [2.45, 2.75) is 30.7 Å². The third-order valence-electron chi connectivity index (χ3n) is 7.63. The van der Waals surface area contributed by atoms with E-state index in [1.54, 1.807) is 24.4 Å². The number of rotatable bonds is 7. The van der Waals surface area contributed by atoms with Gasteiger partial charge < -0.3 is 26.2 Å². The smallest absolute Gasteiger partial charge is 0.270 e. The number of piperazine rings is 1. The van der Waals surface area contributed by atoms with E-state index in [1.807, 2.05) is 0 Å². The highest BCUT2D eigenvalue weighted by atomic mass is 32.2. The molecule has 11 nitrogen and oxygen atoms in total. The van der Waals surface area contributed by atoms with E-state index >= 15 is 0 Å². The molecule has 4 bridgehead atoms. The summed E-state index contributed by atoms with van der Waals surface area (Å²) in [5, 5.41) is 12.6. The van der Waals surface area contributed by atoms with Gasteiger partial charge in [0.05, 0.1) is 29.0 Å². The van der Waals surface area contributed by atoms with Gasteiger partial charge >= 0.3 is 0 Å². The summed E-state index contributed by atoms with van der Waals surface area (Å²) in [6.45, 7) is 10.2. The molecule has 0 atom stereocenters. The lowest BCUT2D eigenvalue weighted by Crippen LogP contribution is -2.44. The molecule has 2 aliphatic rings. The molecule has 1 aromatic heterocycles. The quantitative estimate of drug-likeness (QED) is 0.242. The van der Waals surface area contributed by atoms with Crippen LogP contribution in [0.4, 0.5) is 31.9 Å². The predicted molar refractivity (Wildman–Crippen MR) is 176 cm³/mol. The van der Waals surface area contributed by atoms with E-state index in [1.165, 1.54) is 24.3 Å². The minimum atomic E-state index is -3.64. The Morgan fingerprint density at radius 3 is 2.72 bits per heavy atom. The van der Waals surface area contributed by atoms with Crippen molar-refractivity contribution in [1.29, 1.82) is 0 Å². The fraction of sp³-hybridized carbons (Fsp3) is 0.375. The molecule has 46 heavy (non-hydrogen) atoms. The lowest BCUT2D eigenvalue weighted by atomic mass is 10.0. The molecule has 0 saturated carbocycles. The van der Waals surface area contributed by atoms with E-state index in [2.05, 4.69) is 71.2 Å². The van der Waals surface area contributed by atoms with Crippen molar-refractivity contribution in [3.05, 3.63) is 77.8 Å². The van der Waals surface area contributed by atoms with E-state index in [-0.39, 0.29) is 29.5 Å². The highest BCUT2D eigenvalue weighted by Crippen LogP contribution is 2.31. The van der Waals surface area contributed by atoms with Gasteiger partial charge in [0.25, 0.3) is 5.92 Å². The first-order chi connectivity index (χ1) is 22.0. The van der Waals surface area contributed by atoms with Gasteiger partial charge in [-0.1, -0.05) is 36.6 Å². The van der Waals surface area contributed by atoms with E-state index in [0.717, 1.165) is 38.7 Å². The maximum Gasteiger partial charge on any atom is 0.270 e. The van der Waals surface area contributed by atoms with Crippen LogP contribution in [-0.4, -0.2) is 81.0 Å². The number of aromatic nitrogens is 2. The van der Waals surface area contributed by atoms with Gasteiger partial charge in [-0.25, -0.2) is 26.9 Å². The molecule has 0 unspecified atom stereocenters. The Labute approximate surface area is 268 Å². The van der Waals surface area contributed by atoms with Gasteiger partial charge in [-0.2, -0.15) is 4.98 Å². The topological polar surface area (TPSA) is 127 Å². The summed E-state index contributed by atoms with van der Waals surface area (Å²) in [6.07, 6.45) is 2.12. The number of halogens is 2. The number of nitrogens with one attached hydrogen (secondary N) is 5. The standard InChI is InChI=1S/C32H39F2N9O2S/c1-23(39-29-19-26(32(2,33)34)11-10-25(29)22-43-17-15-42(3)16-18-43)35-12-5-7-24-21-37-31-40-27-8-4-9-28(20-27)46(44,45)38-14-6-13-36-30(24)41-31/h4,8-11,19-21,35,38-39H,1,6,12-18,22H2,2-3H3,(H2,36,37,40,41). The third kappa shape index (κ3) is 8.91. The van der Waals surface area contributed by atoms with Crippen molar-refractivity contribution in [3.63, 3.8) is 0 Å². The molecule has 14 heteroatoms. The minimum Gasteiger partial charge on any atom is -0.369 e. The number of nitrogens with zero attached hydrogens (tertiary/aromatic N) is 4. The van der Waals surface area contributed by atoms with Crippen molar-refractivity contribution < 1.29 is 17.2 Å². The molecule has 2 aromatic carbocycles. The third-order valence-corrected chi connectivity index (χ3v) is 9.09. The lowest BCUT2D eigenvalue weighted by molar-refractivity contribution is 0.0175. The van der Waals surface area contributed by atoms with Crippen LogP contribution in [0.3, 0.4) is 0 Å². The highest BCUT2D eigenvalue weighted by molar-refractivity contribution is 7.89. The maximum absolute atomic E-state index is 14.2. The number of likely N-dealkylation sites (N-methyl/N-ethyl adjacent to an activating group) is 1. The van der Waals surface area contributed by atoms with Crippen molar-refractivity contribution in [3.8, 4) is 11.8 Å². The van der Waals surface area contributed by atoms with Crippen molar-refractivity contribution in [2.24, 2.45) is 0 Å². The molecule has 0 aliphatic carbocycles. The molecular weight excluding hydrogens is 612 g/mol. The Bertz CT molecular complexity index is 1730. The van der Waals surface area contributed by atoms with Gasteiger partial charge in [0, 0.05) is 69.7 Å². The van der Waals surface area contributed by atoms with Crippen molar-refractivity contribution in [2.75, 3.05) is 68.8 Å². The molecule has 2 aliphatic heterocycles. The first kappa shape index (κ1) is 33.1. The normalized spacial score (nSPS) is 17.0. The van der Waals surface area contributed by atoms with Crippen LogP contribution in [0.15, 0.2) is 66.0 Å². The maximum atomic E-state index is 14.2. The summed E-state index contributed by atoms with van der Waals surface area (Å²) >= 11 is 0. The van der Waals surface area contributed by atoms with Crippen molar-refractivity contribution >= 4 is 33.2 Å².